The van der Waals surface area contributed by atoms with E-state index in [0.29, 0.717) is 11.1 Å². The van der Waals surface area contributed by atoms with Crippen LogP contribution in [-0.4, -0.2) is 16.0 Å². The van der Waals surface area contributed by atoms with Crippen molar-refractivity contribution in [1.29, 1.82) is 0 Å². The summed E-state index contributed by atoms with van der Waals surface area (Å²) in [7, 11) is 0. The Morgan fingerprint density at radius 2 is 1.73 bits per heavy atom. The molecule has 1 N–H and O–H groups in total. The topological polar surface area (TPSA) is 68.0 Å². The van der Waals surface area contributed by atoms with E-state index in [1.54, 1.807) is 12.1 Å². The lowest BCUT2D eigenvalue weighted by Gasteiger charge is -2.16. The van der Waals surface area contributed by atoms with Gasteiger partial charge < -0.3 is 9.84 Å². The molecule has 5 nitrogen and oxygen atoms in total. The first-order valence-electron chi connectivity index (χ1n) is 11.5. The van der Waals surface area contributed by atoms with Crippen LogP contribution in [0.25, 0.3) is 17.0 Å². The quantitative estimate of drug-likeness (QED) is 0.294. The van der Waals surface area contributed by atoms with Gasteiger partial charge in [-0.25, -0.2) is 4.39 Å². The minimum Gasteiger partial charge on any atom is -0.343 e. The minimum absolute atomic E-state index is 0.0621. The molecule has 0 aliphatic heterocycles. The van der Waals surface area contributed by atoms with Crippen LogP contribution in [0.4, 0.5) is 17.6 Å². The molecule has 5 rings (SSSR count). The number of hydrogen-bond donors (Lipinski definition) is 1. The predicted molar refractivity (Wildman–Crippen MR) is 128 cm³/mol. The van der Waals surface area contributed by atoms with E-state index in [9.17, 15) is 22.4 Å². The minimum atomic E-state index is -4.46. The van der Waals surface area contributed by atoms with Crippen molar-refractivity contribution >= 4 is 11.5 Å². The summed E-state index contributed by atoms with van der Waals surface area (Å²) in [6, 6.07) is 19.1. The third-order valence-corrected chi connectivity index (χ3v) is 6.27. The molecule has 1 aromatic heterocycles. The molecular formula is C28H21F4N3O2. The number of rotatable bonds is 7. The van der Waals surface area contributed by atoms with Crippen molar-refractivity contribution in [2.75, 3.05) is 0 Å². The number of alkyl halides is 3. The second-order valence-electron chi connectivity index (χ2n) is 8.82. The molecule has 2 atom stereocenters. The maximum Gasteiger partial charge on any atom is 0.416 e. The van der Waals surface area contributed by atoms with E-state index >= 15 is 0 Å². The standard InChI is InChI=1S/C28H21F4N3O2/c1-16-23(18-7-3-2-4-8-18)24(16)26(36)33-22(15-17-6-5-9-21(29)14-17)27-34-25(35-37-27)19-10-12-20(13-11-19)28(30,31)32/h2-14,22,24H,15H2,1H3,(H,33,36). The number of hydrogen-bond acceptors (Lipinski definition) is 4. The number of carbonyl (C=O) groups is 1. The van der Waals surface area contributed by atoms with Gasteiger partial charge in [0.1, 0.15) is 11.9 Å². The summed E-state index contributed by atoms with van der Waals surface area (Å²) < 4.78 is 58.0. The van der Waals surface area contributed by atoms with Gasteiger partial charge in [-0.3, -0.25) is 4.79 Å². The highest BCUT2D eigenvalue weighted by Gasteiger charge is 2.41. The Hall–Kier alpha value is -4.27. The molecule has 1 aliphatic rings. The molecule has 4 aromatic rings. The lowest BCUT2D eigenvalue weighted by molar-refractivity contribution is -0.137. The van der Waals surface area contributed by atoms with Crippen LogP contribution in [0.5, 0.6) is 0 Å². The van der Waals surface area contributed by atoms with E-state index in [0.717, 1.165) is 28.8 Å². The normalized spacial score (nSPS) is 16.0. The first-order valence-corrected chi connectivity index (χ1v) is 11.5. The molecule has 1 amide bonds. The molecule has 9 heteroatoms. The molecule has 1 heterocycles. The number of nitrogens with one attached hydrogen (secondary N) is 1. The Kier molecular flexibility index (Phi) is 6.37. The van der Waals surface area contributed by atoms with Gasteiger partial charge in [0.25, 0.3) is 0 Å². The van der Waals surface area contributed by atoms with Crippen LogP contribution in [0.15, 0.2) is 89.0 Å². The molecule has 0 saturated heterocycles. The Bertz CT molecular complexity index is 1460. The third kappa shape index (κ3) is 5.30. The number of nitrogens with zero attached hydrogens (tertiary/aromatic N) is 2. The summed E-state index contributed by atoms with van der Waals surface area (Å²) in [5.41, 5.74) is 2.98. The molecule has 0 bridgehead atoms. The Balaban J connectivity index is 1.38. The van der Waals surface area contributed by atoms with Gasteiger partial charge in [-0.1, -0.05) is 65.3 Å². The molecule has 0 spiro atoms. The molecule has 3 aromatic carbocycles. The van der Waals surface area contributed by atoms with Gasteiger partial charge in [0.2, 0.25) is 17.6 Å². The van der Waals surface area contributed by atoms with Crippen LogP contribution in [0.1, 0.15) is 35.5 Å². The van der Waals surface area contributed by atoms with Crippen LogP contribution in [0.3, 0.4) is 0 Å². The van der Waals surface area contributed by atoms with Crippen molar-refractivity contribution in [3.8, 4) is 11.4 Å². The van der Waals surface area contributed by atoms with Crippen LogP contribution >= 0.6 is 0 Å². The SMILES string of the molecule is CC1=C(c2ccccc2)C1C(=O)NC(Cc1cccc(F)c1)c1nc(-c2ccc(C(F)(F)F)cc2)no1. The van der Waals surface area contributed by atoms with Gasteiger partial charge in [0.15, 0.2) is 0 Å². The van der Waals surface area contributed by atoms with Crippen LogP contribution < -0.4 is 5.32 Å². The van der Waals surface area contributed by atoms with E-state index in [-0.39, 0.29) is 24.0 Å². The fraction of sp³-hybridized carbons (Fsp3) is 0.179. The van der Waals surface area contributed by atoms with Crippen molar-refractivity contribution < 1.29 is 26.9 Å². The van der Waals surface area contributed by atoms with E-state index in [4.69, 9.17) is 4.52 Å². The van der Waals surface area contributed by atoms with E-state index in [1.165, 1.54) is 24.3 Å². The van der Waals surface area contributed by atoms with Crippen molar-refractivity contribution in [2.45, 2.75) is 25.6 Å². The summed E-state index contributed by atoms with van der Waals surface area (Å²) in [4.78, 5) is 17.6. The lowest BCUT2D eigenvalue weighted by atomic mass is 10.0. The summed E-state index contributed by atoms with van der Waals surface area (Å²) in [6.07, 6.45) is -4.29. The Morgan fingerprint density at radius 3 is 2.41 bits per heavy atom. The maximum atomic E-state index is 13.8. The molecule has 0 fully saturated rings. The number of aromatic nitrogens is 2. The third-order valence-electron chi connectivity index (χ3n) is 6.27. The molecule has 1 aliphatic carbocycles. The zero-order valence-electron chi connectivity index (χ0n) is 19.6. The molecule has 188 valence electrons. The zero-order chi connectivity index (χ0) is 26.2. The van der Waals surface area contributed by atoms with Crippen molar-refractivity contribution in [3.63, 3.8) is 0 Å². The maximum absolute atomic E-state index is 13.8. The number of benzene rings is 3. The Labute approximate surface area is 209 Å². The summed E-state index contributed by atoms with van der Waals surface area (Å²) in [6.45, 7) is 1.89. The number of carbonyl (C=O) groups excluding carboxylic acids is 1. The van der Waals surface area contributed by atoms with Crippen LogP contribution in [0.2, 0.25) is 0 Å². The lowest BCUT2D eigenvalue weighted by Crippen LogP contribution is -2.32. The van der Waals surface area contributed by atoms with Gasteiger partial charge in [-0.05, 0) is 47.9 Å². The fourth-order valence-electron chi connectivity index (χ4n) is 4.33. The molecule has 37 heavy (non-hydrogen) atoms. The monoisotopic (exact) mass is 507 g/mol. The van der Waals surface area contributed by atoms with E-state index < -0.39 is 29.5 Å². The first-order chi connectivity index (χ1) is 17.7. The second-order valence-corrected chi connectivity index (χ2v) is 8.82. The van der Waals surface area contributed by atoms with Crippen molar-refractivity contribution in [2.24, 2.45) is 5.92 Å². The molecule has 0 radical (unpaired) electrons. The second kappa shape index (κ2) is 9.65. The number of halogens is 4. The molecular weight excluding hydrogens is 486 g/mol. The summed E-state index contributed by atoms with van der Waals surface area (Å²) >= 11 is 0. The van der Waals surface area contributed by atoms with Gasteiger partial charge in [0.05, 0.1) is 11.5 Å². The largest absolute Gasteiger partial charge is 0.416 e. The zero-order valence-corrected chi connectivity index (χ0v) is 19.6. The fourth-order valence-corrected chi connectivity index (χ4v) is 4.33. The van der Waals surface area contributed by atoms with Crippen LogP contribution in [0, 0.1) is 11.7 Å². The van der Waals surface area contributed by atoms with Crippen molar-refractivity contribution in [3.05, 3.63) is 113 Å². The van der Waals surface area contributed by atoms with Gasteiger partial charge in [-0.15, -0.1) is 0 Å². The van der Waals surface area contributed by atoms with Crippen LogP contribution in [-0.2, 0) is 17.4 Å². The highest BCUT2D eigenvalue weighted by atomic mass is 19.4. The highest BCUT2D eigenvalue weighted by molar-refractivity contribution is 6.06. The highest BCUT2D eigenvalue weighted by Crippen LogP contribution is 2.47. The average molecular weight is 507 g/mol. The van der Waals surface area contributed by atoms with E-state index in [1.807, 2.05) is 37.3 Å². The smallest absolute Gasteiger partial charge is 0.343 e. The van der Waals surface area contributed by atoms with Gasteiger partial charge >= 0.3 is 6.18 Å². The predicted octanol–water partition coefficient (Wildman–Crippen LogP) is 6.40. The summed E-state index contributed by atoms with van der Waals surface area (Å²) in [5.74, 6) is -0.952. The van der Waals surface area contributed by atoms with E-state index in [2.05, 4.69) is 15.5 Å². The molecule has 0 saturated carbocycles. The van der Waals surface area contributed by atoms with Gasteiger partial charge in [0, 0.05) is 12.0 Å². The Morgan fingerprint density at radius 1 is 1.00 bits per heavy atom. The first kappa shape index (κ1) is 24.4. The number of amides is 1. The molecule has 2 unspecified atom stereocenters. The van der Waals surface area contributed by atoms with Crippen molar-refractivity contribution in [1.82, 2.24) is 15.5 Å². The summed E-state index contributed by atoms with van der Waals surface area (Å²) in [5, 5.41) is 6.84. The average Bonchev–Trinajstić information content (AvgIpc) is 3.30. The van der Waals surface area contributed by atoms with Gasteiger partial charge in [-0.2, -0.15) is 18.2 Å².